The van der Waals surface area contributed by atoms with Crippen molar-refractivity contribution < 1.29 is 0 Å². The first-order valence-corrected chi connectivity index (χ1v) is 31.4. The molecule has 0 aromatic heterocycles. The SMILES string of the molecule is CCCCCCc1cccc(C2(c3cccc(CCCCCC)c3)c3cc(C)ccc3-c3ccc(-c4ccc(N(c5ccc(-c6ccc(N(c7ccc(C)cc7)c7ccc8c(c7)CC8)cc6)cc5)c5ccc(C(C)CC)cc5)cc4)cc32)c1. The molecule has 0 amide bonds. The van der Waals surface area contributed by atoms with Crippen LogP contribution in [0.5, 0.6) is 0 Å². The van der Waals surface area contributed by atoms with Crippen LogP contribution in [0.25, 0.3) is 33.4 Å². The summed E-state index contributed by atoms with van der Waals surface area (Å²) in [5.74, 6) is 0.497. The number of hydrogen-bond donors (Lipinski definition) is 0. The molecule has 0 saturated heterocycles. The van der Waals surface area contributed by atoms with Gasteiger partial charge in [0.05, 0.1) is 5.41 Å². The average Bonchev–Trinajstić information content (AvgIpc) is 2.32. The molecule has 0 N–H and O–H groups in total. The van der Waals surface area contributed by atoms with E-state index in [1.165, 1.54) is 164 Å². The molecule has 0 bridgehead atoms. The number of nitrogens with zero attached hydrogens (tertiary/aromatic N) is 2. The third kappa shape index (κ3) is 11.3. The second-order valence-corrected chi connectivity index (χ2v) is 24.1. The fraction of sp³-hybridized carbons (Fsp3) is 0.259. The molecule has 0 saturated carbocycles. The first-order chi connectivity index (χ1) is 40.7. The third-order valence-corrected chi connectivity index (χ3v) is 18.4. The van der Waals surface area contributed by atoms with E-state index in [2.05, 4.69) is 276 Å². The lowest BCUT2D eigenvalue weighted by Gasteiger charge is -2.35. The molecule has 0 spiro atoms. The van der Waals surface area contributed by atoms with Crippen molar-refractivity contribution in [2.24, 2.45) is 0 Å². The zero-order chi connectivity index (χ0) is 56.9. The number of rotatable bonds is 22. The zero-order valence-corrected chi connectivity index (χ0v) is 50.0. The molecule has 2 aliphatic carbocycles. The van der Waals surface area contributed by atoms with E-state index in [4.69, 9.17) is 0 Å². The van der Waals surface area contributed by atoms with E-state index in [1.807, 2.05) is 0 Å². The zero-order valence-electron chi connectivity index (χ0n) is 50.0. The second-order valence-electron chi connectivity index (χ2n) is 24.1. The van der Waals surface area contributed by atoms with Gasteiger partial charge in [-0.25, -0.2) is 0 Å². The lowest BCUT2D eigenvalue weighted by atomic mass is 9.66. The molecule has 83 heavy (non-hydrogen) atoms. The lowest BCUT2D eigenvalue weighted by Crippen LogP contribution is -2.29. The van der Waals surface area contributed by atoms with Crippen molar-refractivity contribution in [2.75, 3.05) is 9.80 Å². The number of fused-ring (bicyclic) bond motifs is 4. The Morgan fingerprint density at radius 2 is 0.807 bits per heavy atom. The molecule has 416 valence electrons. The normalized spacial score (nSPS) is 13.2. The van der Waals surface area contributed by atoms with E-state index in [0.29, 0.717) is 5.92 Å². The summed E-state index contributed by atoms with van der Waals surface area (Å²) in [6.07, 6.45) is 15.7. The topological polar surface area (TPSA) is 6.48 Å². The minimum Gasteiger partial charge on any atom is -0.311 e. The highest BCUT2D eigenvalue weighted by Gasteiger charge is 2.46. The molecule has 1 unspecified atom stereocenters. The quantitative estimate of drug-likeness (QED) is 0.0624. The summed E-state index contributed by atoms with van der Waals surface area (Å²) in [5.41, 5.74) is 29.1. The largest absolute Gasteiger partial charge is 0.311 e. The van der Waals surface area contributed by atoms with E-state index in [0.717, 1.165) is 48.4 Å². The third-order valence-electron chi connectivity index (χ3n) is 18.4. The highest BCUT2D eigenvalue weighted by atomic mass is 15.1. The Morgan fingerprint density at radius 3 is 1.30 bits per heavy atom. The predicted molar refractivity (Wildman–Crippen MR) is 355 cm³/mol. The van der Waals surface area contributed by atoms with Crippen molar-refractivity contribution in [3.8, 4) is 33.4 Å². The number of unbranched alkanes of at least 4 members (excludes halogenated alkanes) is 6. The Morgan fingerprint density at radius 1 is 0.373 bits per heavy atom. The fourth-order valence-electron chi connectivity index (χ4n) is 13.3. The van der Waals surface area contributed by atoms with Crippen molar-refractivity contribution in [3.05, 3.63) is 286 Å². The molecular formula is C81H82N2. The van der Waals surface area contributed by atoms with Crippen molar-refractivity contribution in [2.45, 2.75) is 136 Å². The summed E-state index contributed by atoms with van der Waals surface area (Å²) in [7, 11) is 0. The van der Waals surface area contributed by atoms with Crippen LogP contribution in [-0.4, -0.2) is 0 Å². The van der Waals surface area contributed by atoms with Gasteiger partial charge in [-0.05, 0) is 227 Å². The first kappa shape index (κ1) is 55.3. The molecular weight excluding hydrogens is 1000 g/mol. The Kier molecular flexibility index (Phi) is 16.5. The Bertz CT molecular complexity index is 3770. The Labute approximate surface area is 496 Å². The molecule has 1 atom stereocenters. The van der Waals surface area contributed by atoms with E-state index in [-0.39, 0.29) is 0 Å². The van der Waals surface area contributed by atoms with Crippen LogP contribution < -0.4 is 9.80 Å². The summed E-state index contributed by atoms with van der Waals surface area (Å²) >= 11 is 0. The van der Waals surface area contributed by atoms with Crippen LogP contribution in [0.4, 0.5) is 34.1 Å². The molecule has 0 heterocycles. The average molecular weight is 1080 g/mol. The van der Waals surface area contributed by atoms with Gasteiger partial charge in [-0.1, -0.05) is 223 Å². The van der Waals surface area contributed by atoms with E-state index < -0.39 is 5.41 Å². The number of benzene rings is 10. The maximum Gasteiger partial charge on any atom is 0.0714 e. The van der Waals surface area contributed by atoms with Gasteiger partial charge in [0.25, 0.3) is 0 Å². The van der Waals surface area contributed by atoms with Gasteiger partial charge >= 0.3 is 0 Å². The molecule has 0 fully saturated rings. The van der Waals surface area contributed by atoms with Crippen LogP contribution in [-0.2, 0) is 31.1 Å². The van der Waals surface area contributed by atoms with Crippen LogP contribution in [0.15, 0.2) is 224 Å². The number of aryl methyl sites for hydroxylation is 6. The smallest absolute Gasteiger partial charge is 0.0714 e. The monoisotopic (exact) mass is 1080 g/mol. The van der Waals surface area contributed by atoms with E-state index in [9.17, 15) is 0 Å². The lowest BCUT2D eigenvalue weighted by molar-refractivity contribution is 0.664. The van der Waals surface area contributed by atoms with Crippen LogP contribution in [0.2, 0.25) is 0 Å². The van der Waals surface area contributed by atoms with Crippen molar-refractivity contribution in [1.29, 1.82) is 0 Å². The standard InChI is InChI=1S/C81H82N2/c1-7-10-12-14-18-60-20-16-22-69(53-60)81(70-23-17-21-61(54-70)19-15-13-11-8-2)79-52-58(5)26-50-77(79)78-51-38-68(56-80(78)81)66-35-47-74(48-36-66)82(72-41-29-62(30-42-72)59(6)9-3)73-43-31-63(32-44-73)64-33-45-75(46-34-64)83(71-39-24-57(4)25-40-71)76-49-37-65-27-28-67(65)55-76/h16-17,20-26,29-56,59H,7-15,18-19,27-28H2,1-6H3. The van der Waals surface area contributed by atoms with Gasteiger partial charge in [-0.2, -0.15) is 0 Å². The van der Waals surface area contributed by atoms with Crippen molar-refractivity contribution in [3.63, 3.8) is 0 Å². The van der Waals surface area contributed by atoms with Gasteiger partial charge < -0.3 is 9.80 Å². The van der Waals surface area contributed by atoms with Crippen LogP contribution in [0, 0.1) is 13.8 Å². The minimum atomic E-state index is -0.484. The molecule has 10 aromatic carbocycles. The van der Waals surface area contributed by atoms with Gasteiger partial charge in [0.15, 0.2) is 0 Å². The molecule has 2 nitrogen and oxygen atoms in total. The summed E-state index contributed by atoms with van der Waals surface area (Å²) in [5, 5.41) is 0. The Balaban J connectivity index is 0.901. The van der Waals surface area contributed by atoms with E-state index >= 15 is 0 Å². The van der Waals surface area contributed by atoms with Gasteiger partial charge in [-0.15, -0.1) is 0 Å². The van der Waals surface area contributed by atoms with Crippen LogP contribution >= 0.6 is 0 Å². The predicted octanol–water partition coefficient (Wildman–Crippen LogP) is 22.8. The van der Waals surface area contributed by atoms with Crippen LogP contribution in [0.3, 0.4) is 0 Å². The molecule has 10 aromatic rings. The maximum atomic E-state index is 2.56. The van der Waals surface area contributed by atoms with Gasteiger partial charge in [0, 0.05) is 34.1 Å². The second kappa shape index (κ2) is 24.7. The summed E-state index contributed by atoms with van der Waals surface area (Å²) in [4.78, 5) is 4.81. The summed E-state index contributed by atoms with van der Waals surface area (Å²) in [6.45, 7) is 13.6. The Hall–Kier alpha value is -8.20. The maximum absolute atomic E-state index is 2.56. The summed E-state index contributed by atoms with van der Waals surface area (Å²) < 4.78 is 0. The number of hydrogen-bond acceptors (Lipinski definition) is 2. The first-order valence-electron chi connectivity index (χ1n) is 31.4. The highest BCUT2D eigenvalue weighted by molar-refractivity contribution is 5.89. The van der Waals surface area contributed by atoms with Crippen LogP contribution in [0.1, 0.15) is 153 Å². The molecule has 2 heteroatoms. The van der Waals surface area contributed by atoms with Crippen molar-refractivity contribution >= 4 is 34.1 Å². The van der Waals surface area contributed by atoms with Gasteiger partial charge in [0.2, 0.25) is 0 Å². The summed E-state index contributed by atoms with van der Waals surface area (Å²) in [6, 6.07) is 86.6. The minimum absolute atomic E-state index is 0.484. The van der Waals surface area contributed by atoms with Crippen molar-refractivity contribution in [1.82, 2.24) is 0 Å². The number of anilines is 6. The molecule has 2 aliphatic rings. The highest BCUT2D eigenvalue weighted by Crippen LogP contribution is 2.57. The van der Waals surface area contributed by atoms with Gasteiger partial charge in [-0.3, -0.25) is 0 Å². The molecule has 12 rings (SSSR count). The molecule has 0 aliphatic heterocycles. The molecule has 0 radical (unpaired) electrons. The van der Waals surface area contributed by atoms with Gasteiger partial charge in [0.1, 0.15) is 0 Å². The fourth-order valence-corrected chi connectivity index (χ4v) is 13.3. The van der Waals surface area contributed by atoms with E-state index in [1.54, 1.807) is 0 Å².